The van der Waals surface area contributed by atoms with Crippen LogP contribution in [-0.4, -0.2) is 18.4 Å². The molecule has 0 fully saturated rings. The first-order valence-electron chi connectivity index (χ1n) is 9.19. The number of nitrogens with zero attached hydrogens (tertiary/aromatic N) is 1. The lowest BCUT2D eigenvalue weighted by Crippen LogP contribution is -2.31. The van der Waals surface area contributed by atoms with Crippen molar-refractivity contribution in [3.05, 3.63) is 102 Å². The molecular weight excluding hydrogens is 348 g/mol. The molecule has 140 valence electrons. The predicted octanol–water partition coefficient (Wildman–Crippen LogP) is 5.01. The highest BCUT2D eigenvalue weighted by atomic mass is 16.2. The molecule has 0 heterocycles. The maximum atomic E-state index is 13.1. The molecule has 0 saturated heterocycles. The summed E-state index contributed by atoms with van der Waals surface area (Å²) < 4.78 is 0. The minimum Gasteiger partial charge on any atom is -0.322 e. The Morgan fingerprint density at radius 3 is 2.14 bits per heavy atom. The van der Waals surface area contributed by atoms with Crippen molar-refractivity contribution in [1.29, 1.82) is 0 Å². The molecule has 0 atom stereocenters. The summed E-state index contributed by atoms with van der Waals surface area (Å²) in [6.07, 6.45) is 3.20. The third-order valence-corrected chi connectivity index (χ3v) is 4.27. The molecule has 0 saturated carbocycles. The number of carbonyl (C=O) groups excluding carboxylic acids is 2. The van der Waals surface area contributed by atoms with E-state index in [4.69, 9.17) is 0 Å². The van der Waals surface area contributed by atoms with Gasteiger partial charge in [-0.15, -0.1) is 0 Å². The number of benzene rings is 3. The maximum Gasteiger partial charge on any atom is 0.260 e. The molecule has 28 heavy (non-hydrogen) atoms. The third kappa shape index (κ3) is 4.74. The Morgan fingerprint density at radius 2 is 1.46 bits per heavy atom. The Hall–Kier alpha value is -3.66. The monoisotopic (exact) mass is 370 g/mol. The van der Waals surface area contributed by atoms with E-state index in [1.165, 1.54) is 6.08 Å². The van der Waals surface area contributed by atoms with Crippen LogP contribution in [0.5, 0.6) is 0 Å². The lowest BCUT2D eigenvalue weighted by Gasteiger charge is -2.22. The van der Waals surface area contributed by atoms with Crippen LogP contribution in [0.3, 0.4) is 0 Å². The molecule has 0 aliphatic heterocycles. The average Bonchev–Trinajstić information content (AvgIpc) is 2.74. The van der Waals surface area contributed by atoms with Gasteiger partial charge in [0.05, 0.1) is 11.3 Å². The average molecular weight is 370 g/mol. The van der Waals surface area contributed by atoms with Crippen molar-refractivity contribution in [2.75, 3.05) is 16.8 Å². The SMILES string of the molecule is CCN(C(=O)c1ccccc1NC(=O)/C=C/c1ccccc1)c1ccccc1. The van der Waals surface area contributed by atoms with Gasteiger partial charge in [-0.3, -0.25) is 9.59 Å². The summed E-state index contributed by atoms with van der Waals surface area (Å²) in [6, 6.07) is 26.1. The van der Waals surface area contributed by atoms with Crippen molar-refractivity contribution in [2.45, 2.75) is 6.92 Å². The Morgan fingerprint density at radius 1 is 0.857 bits per heavy atom. The van der Waals surface area contributed by atoms with Gasteiger partial charge < -0.3 is 10.2 Å². The van der Waals surface area contributed by atoms with Crippen LogP contribution >= 0.6 is 0 Å². The Balaban J connectivity index is 1.80. The summed E-state index contributed by atoms with van der Waals surface area (Å²) in [5.74, 6) is -0.441. The fourth-order valence-electron chi connectivity index (χ4n) is 2.89. The standard InChI is InChI=1S/C24H22N2O2/c1-2-26(20-13-7-4-8-14-20)24(28)21-15-9-10-16-22(21)25-23(27)18-17-19-11-5-3-6-12-19/h3-18H,2H2,1H3,(H,25,27)/b18-17+. The molecule has 3 aromatic carbocycles. The van der Waals surface area contributed by atoms with Crippen molar-refractivity contribution in [1.82, 2.24) is 0 Å². The number of carbonyl (C=O) groups is 2. The van der Waals surface area contributed by atoms with Gasteiger partial charge in [-0.1, -0.05) is 60.7 Å². The lowest BCUT2D eigenvalue weighted by molar-refractivity contribution is -0.111. The molecule has 0 aliphatic rings. The van der Waals surface area contributed by atoms with Gasteiger partial charge in [0.2, 0.25) is 5.91 Å². The van der Waals surface area contributed by atoms with E-state index >= 15 is 0 Å². The molecule has 4 heteroatoms. The van der Waals surface area contributed by atoms with E-state index in [9.17, 15) is 9.59 Å². The molecule has 3 rings (SSSR count). The molecule has 0 bridgehead atoms. The van der Waals surface area contributed by atoms with Gasteiger partial charge >= 0.3 is 0 Å². The van der Waals surface area contributed by atoms with Gasteiger partial charge in [-0.2, -0.15) is 0 Å². The van der Waals surface area contributed by atoms with E-state index in [0.29, 0.717) is 17.8 Å². The highest BCUT2D eigenvalue weighted by molar-refractivity contribution is 6.12. The molecule has 0 aliphatic carbocycles. The number of hydrogen-bond donors (Lipinski definition) is 1. The van der Waals surface area contributed by atoms with Gasteiger partial charge in [0.15, 0.2) is 0 Å². The van der Waals surface area contributed by atoms with Gasteiger partial charge in [-0.05, 0) is 42.8 Å². The topological polar surface area (TPSA) is 49.4 Å². The Kier molecular flexibility index (Phi) is 6.37. The van der Waals surface area contributed by atoms with E-state index < -0.39 is 0 Å². The molecule has 0 spiro atoms. The molecule has 3 aromatic rings. The normalized spacial score (nSPS) is 10.6. The van der Waals surface area contributed by atoms with Crippen LogP contribution < -0.4 is 10.2 Å². The van der Waals surface area contributed by atoms with Crippen LogP contribution in [0.25, 0.3) is 6.08 Å². The number of nitrogens with one attached hydrogen (secondary N) is 1. The minimum absolute atomic E-state index is 0.156. The zero-order valence-electron chi connectivity index (χ0n) is 15.7. The van der Waals surface area contributed by atoms with Gasteiger partial charge in [-0.25, -0.2) is 0 Å². The number of para-hydroxylation sites is 2. The first-order valence-corrected chi connectivity index (χ1v) is 9.19. The number of anilines is 2. The molecule has 0 radical (unpaired) electrons. The van der Waals surface area contributed by atoms with E-state index in [2.05, 4.69) is 5.32 Å². The number of amides is 2. The molecule has 0 unspecified atom stereocenters. The second kappa shape index (κ2) is 9.33. The van der Waals surface area contributed by atoms with Crippen molar-refractivity contribution in [2.24, 2.45) is 0 Å². The van der Waals surface area contributed by atoms with Crippen LogP contribution in [0.15, 0.2) is 91.0 Å². The largest absolute Gasteiger partial charge is 0.322 e. The van der Waals surface area contributed by atoms with Crippen LogP contribution in [0.2, 0.25) is 0 Å². The summed E-state index contributed by atoms with van der Waals surface area (Å²) in [6.45, 7) is 2.45. The van der Waals surface area contributed by atoms with Crippen molar-refractivity contribution in [3.8, 4) is 0 Å². The van der Waals surface area contributed by atoms with Gasteiger partial charge in [0.1, 0.15) is 0 Å². The smallest absolute Gasteiger partial charge is 0.260 e. The Labute approximate surface area is 165 Å². The first kappa shape index (κ1) is 19.1. The summed E-state index contributed by atoms with van der Waals surface area (Å²) in [4.78, 5) is 27.1. The zero-order chi connectivity index (χ0) is 19.8. The van der Waals surface area contributed by atoms with Crippen molar-refractivity contribution >= 4 is 29.3 Å². The van der Waals surface area contributed by atoms with Crippen molar-refractivity contribution in [3.63, 3.8) is 0 Å². The highest BCUT2D eigenvalue weighted by Gasteiger charge is 2.19. The predicted molar refractivity (Wildman–Crippen MR) is 114 cm³/mol. The maximum absolute atomic E-state index is 13.1. The Bertz CT molecular complexity index is 966. The second-order valence-corrected chi connectivity index (χ2v) is 6.16. The van der Waals surface area contributed by atoms with E-state index in [1.807, 2.05) is 67.6 Å². The fourth-order valence-corrected chi connectivity index (χ4v) is 2.89. The van der Waals surface area contributed by atoms with Crippen LogP contribution in [0, 0.1) is 0 Å². The van der Waals surface area contributed by atoms with E-state index in [1.54, 1.807) is 35.2 Å². The third-order valence-electron chi connectivity index (χ3n) is 4.27. The molecule has 4 nitrogen and oxygen atoms in total. The molecule has 2 amide bonds. The summed E-state index contributed by atoms with van der Waals surface area (Å²) >= 11 is 0. The highest BCUT2D eigenvalue weighted by Crippen LogP contribution is 2.22. The zero-order valence-corrected chi connectivity index (χ0v) is 15.7. The van der Waals surface area contributed by atoms with Crippen LogP contribution in [-0.2, 0) is 4.79 Å². The summed E-state index contributed by atoms with van der Waals surface area (Å²) in [5, 5.41) is 2.82. The second-order valence-electron chi connectivity index (χ2n) is 6.16. The summed E-state index contributed by atoms with van der Waals surface area (Å²) in [5.41, 5.74) is 2.70. The molecule has 1 N–H and O–H groups in total. The lowest BCUT2D eigenvalue weighted by atomic mass is 10.1. The van der Waals surface area contributed by atoms with E-state index in [0.717, 1.165) is 11.3 Å². The number of rotatable bonds is 6. The van der Waals surface area contributed by atoms with Crippen LogP contribution in [0.4, 0.5) is 11.4 Å². The molecular formula is C24H22N2O2. The minimum atomic E-state index is -0.285. The quantitative estimate of drug-likeness (QED) is 0.621. The summed E-state index contributed by atoms with van der Waals surface area (Å²) in [7, 11) is 0. The fraction of sp³-hybridized carbons (Fsp3) is 0.0833. The van der Waals surface area contributed by atoms with Gasteiger partial charge in [0, 0.05) is 18.3 Å². The molecule has 0 aromatic heterocycles. The first-order chi connectivity index (χ1) is 13.7. The number of hydrogen-bond acceptors (Lipinski definition) is 2. The van der Waals surface area contributed by atoms with Crippen LogP contribution in [0.1, 0.15) is 22.8 Å². The van der Waals surface area contributed by atoms with Gasteiger partial charge in [0.25, 0.3) is 5.91 Å². The van der Waals surface area contributed by atoms with Crippen molar-refractivity contribution < 1.29 is 9.59 Å². The van der Waals surface area contributed by atoms with E-state index in [-0.39, 0.29) is 11.8 Å².